The number of fused-ring (bicyclic) bond motifs is 2. The van der Waals surface area contributed by atoms with Crippen LogP contribution in [-0.4, -0.2) is 43.3 Å². The molecule has 3 unspecified atom stereocenters. The van der Waals surface area contributed by atoms with E-state index in [4.69, 9.17) is 4.74 Å². The standard InChI is InChI=1S/C17H24N2O/c1-2-5-15-13(4-1)10-18-11-14(15)12-19-8-9-20-17-7-3-6-16(17)19/h1-2,4-5,14,16-18H,3,6-12H2. The minimum Gasteiger partial charge on any atom is -0.375 e. The van der Waals surface area contributed by atoms with E-state index in [2.05, 4.69) is 34.5 Å². The van der Waals surface area contributed by atoms with Gasteiger partial charge in [-0.05, 0) is 30.4 Å². The topological polar surface area (TPSA) is 24.5 Å². The highest BCUT2D eigenvalue weighted by atomic mass is 16.5. The summed E-state index contributed by atoms with van der Waals surface area (Å²) < 4.78 is 5.93. The zero-order valence-corrected chi connectivity index (χ0v) is 12.1. The first-order chi connectivity index (χ1) is 9.92. The van der Waals surface area contributed by atoms with Crippen molar-refractivity contribution in [1.82, 2.24) is 10.2 Å². The molecule has 20 heavy (non-hydrogen) atoms. The summed E-state index contributed by atoms with van der Waals surface area (Å²) >= 11 is 0. The van der Waals surface area contributed by atoms with Crippen LogP contribution in [0.2, 0.25) is 0 Å². The van der Waals surface area contributed by atoms with Gasteiger partial charge in [0.05, 0.1) is 12.7 Å². The van der Waals surface area contributed by atoms with Gasteiger partial charge in [0.15, 0.2) is 0 Å². The number of nitrogens with one attached hydrogen (secondary N) is 1. The molecule has 2 aliphatic heterocycles. The lowest BCUT2D eigenvalue weighted by Crippen LogP contribution is -2.51. The smallest absolute Gasteiger partial charge is 0.0730 e. The number of nitrogens with zero attached hydrogens (tertiary/aromatic N) is 1. The number of rotatable bonds is 2. The first-order valence-corrected chi connectivity index (χ1v) is 8.06. The number of hydrogen-bond acceptors (Lipinski definition) is 3. The molecule has 3 aliphatic rings. The highest BCUT2D eigenvalue weighted by molar-refractivity contribution is 5.33. The molecule has 1 saturated carbocycles. The molecule has 0 spiro atoms. The minimum absolute atomic E-state index is 0.510. The van der Waals surface area contributed by atoms with E-state index < -0.39 is 0 Å². The summed E-state index contributed by atoms with van der Waals surface area (Å²) in [7, 11) is 0. The minimum atomic E-state index is 0.510. The Balaban J connectivity index is 1.52. The number of morpholine rings is 1. The highest BCUT2D eigenvalue weighted by Crippen LogP contribution is 2.32. The Morgan fingerprint density at radius 3 is 3.20 bits per heavy atom. The average molecular weight is 272 g/mol. The number of ether oxygens (including phenoxy) is 1. The summed E-state index contributed by atoms with van der Waals surface area (Å²) in [4.78, 5) is 2.70. The molecular formula is C17H24N2O. The van der Waals surface area contributed by atoms with Crippen molar-refractivity contribution in [2.45, 2.75) is 43.9 Å². The Kier molecular flexibility index (Phi) is 3.51. The predicted octanol–water partition coefficient (Wildman–Crippen LogP) is 2.13. The Morgan fingerprint density at radius 1 is 1.25 bits per heavy atom. The number of hydrogen-bond donors (Lipinski definition) is 1. The van der Waals surface area contributed by atoms with Crippen molar-refractivity contribution in [3.63, 3.8) is 0 Å². The predicted molar refractivity (Wildman–Crippen MR) is 79.8 cm³/mol. The summed E-state index contributed by atoms with van der Waals surface area (Å²) in [6.07, 6.45) is 4.44. The molecule has 4 rings (SSSR count). The molecule has 3 atom stereocenters. The van der Waals surface area contributed by atoms with Crippen LogP contribution in [0.3, 0.4) is 0 Å². The van der Waals surface area contributed by atoms with Gasteiger partial charge in [-0.3, -0.25) is 4.90 Å². The summed E-state index contributed by atoms with van der Waals surface area (Å²) in [6.45, 7) is 5.37. The summed E-state index contributed by atoms with van der Waals surface area (Å²) in [6, 6.07) is 9.62. The second-order valence-electron chi connectivity index (χ2n) is 6.43. The van der Waals surface area contributed by atoms with Crippen molar-refractivity contribution >= 4 is 0 Å². The van der Waals surface area contributed by atoms with Crippen LogP contribution < -0.4 is 5.32 Å². The van der Waals surface area contributed by atoms with Gasteiger partial charge in [0, 0.05) is 38.1 Å². The first-order valence-electron chi connectivity index (χ1n) is 8.06. The first kappa shape index (κ1) is 12.8. The third-order valence-corrected chi connectivity index (χ3v) is 5.25. The molecule has 1 saturated heterocycles. The molecule has 2 fully saturated rings. The lowest BCUT2D eigenvalue weighted by Gasteiger charge is -2.40. The lowest BCUT2D eigenvalue weighted by molar-refractivity contribution is -0.0574. The monoisotopic (exact) mass is 272 g/mol. The van der Waals surface area contributed by atoms with Gasteiger partial charge >= 0.3 is 0 Å². The molecule has 108 valence electrons. The molecule has 1 aromatic rings. The average Bonchev–Trinajstić information content (AvgIpc) is 2.97. The van der Waals surface area contributed by atoms with Crippen molar-refractivity contribution in [2.24, 2.45) is 0 Å². The largest absolute Gasteiger partial charge is 0.375 e. The van der Waals surface area contributed by atoms with Gasteiger partial charge in [-0.2, -0.15) is 0 Å². The molecule has 0 bridgehead atoms. The van der Waals surface area contributed by atoms with Gasteiger partial charge in [-0.25, -0.2) is 0 Å². The lowest BCUT2D eigenvalue weighted by atomic mass is 9.90. The van der Waals surface area contributed by atoms with Gasteiger partial charge in [0.2, 0.25) is 0 Å². The van der Waals surface area contributed by atoms with Crippen LogP contribution in [-0.2, 0) is 11.3 Å². The molecule has 3 nitrogen and oxygen atoms in total. The second kappa shape index (κ2) is 5.47. The Morgan fingerprint density at radius 2 is 2.20 bits per heavy atom. The maximum Gasteiger partial charge on any atom is 0.0730 e. The summed E-state index contributed by atoms with van der Waals surface area (Å²) in [5.74, 6) is 0.638. The molecule has 2 heterocycles. The highest BCUT2D eigenvalue weighted by Gasteiger charge is 2.37. The Bertz CT molecular complexity index is 476. The van der Waals surface area contributed by atoms with E-state index in [0.717, 1.165) is 26.2 Å². The SMILES string of the molecule is c1ccc2c(c1)CNCC2CN1CCOC2CCCC21. The maximum atomic E-state index is 5.93. The zero-order chi connectivity index (χ0) is 13.4. The van der Waals surface area contributed by atoms with Crippen molar-refractivity contribution in [3.8, 4) is 0 Å². The van der Waals surface area contributed by atoms with E-state index in [0.29, 0.717) is 18.1 Å². The van der Waals surface area contributed by atoms with Gasteiger partial charge in [-0.1, -0.05) is 24.3 Å². The van der Waals surface area contributed by atoms with E-state index in [1.165, 1.54) is 31.4 Å². The van der Waals surface area contributed by atoms with E-state index >= 15 is 0 Å². The van der Waals surface area contributed by atoms with Crippen molar-refractivity contribution in [1.29, 1.82) is 0 Å². The van der Waals surface area contributed by atoms with E-state index in [9.17, 15) is 0 Å². The molecule has 1 aliphatic carbocycles. The van der Waals surface area contributed by atoms with Crippen LogP contribution in [0.15, 0.2) is 24.3 Å². The summed E-state index contributed by atoms with van der Waals surface area (Å²) in [5, 5.41) is 3.58. The van der Waals surface area contributed by atoms with Crippen LogP contribution >= 0.6 is 0 Å². The van der Waals surface area contributed by atoms with Gasteiger partial charge in [0.1, 0.15) is 0 Å². The maximum absolute atomic E-state index is 5.93. The van der Waals surface area contributed by atoms with Gasteiger partial charge in [-0.15, -0.1) is 0 Å². The molecule has 3 heteroatoms. The Labute approximate surface area is 121 Å². The van der Waals surface area contributed by atoms with Crippen LogP contribution in [0.1, 0.15) is 36.3 Å². The quantitative estimate of drug-likeness (QED) is 0.892. The third-order valence-electron chi connectivity index (χ3n) is 5.25. The number of benzene rings is 1. The zero-order valence-electron chi connectivity index (χ0n) is 12.1. The van der Waals surface area contributed by atoms with Crippen molar-refractivity contribution < 1.29 is 4.74 Å². The van der Waals surface area contributed by atoms with Crippen LogP contribution in [0, 0.1) is 0 Å². The molecule has 1 N–H and O–H groups in total. The second-order valence-corrected chi connectivity index (χ2v) is 6.43. The fraction of sp³-hybridized carbons (Fsp3) is 0.647. The van der Waals surface area contributed by atoms with Crippen molar-refractivity contribution in [2.75, 3.05) is 26.2 Å². The molecule has 0 aromatic heterocycles. The summed E-state index contributed by atoms with van der Waals surface area (Å²) in [5.41, 5.74) is 3.05. The van der Waals surface area contributed by atoms with E-state index in [1.54, 1.807) is 5.56 Å². The van der Waals surface area contributed by atoms with E-state index in [-0.39, 0.29) is 0 Å². The molecule has 0 amide bonds. The fourth-order valence-electron chi connectivity index (χ4n) is 4.26. The van der Waals surface area contributed by atoms with Crippen molar-refractivity contribution in [3.05, 3.63) is 35.4 Å². The molecular weight excluding hydrogens is 248 g/mol. The third kappa shape index (κ3) is 2.28. The van der Waals surface area contributed by atoms with Gasteiger partial charge in [0.25, 0.3) is 0 Å². The van der Waals surface area contributed by atoms with Crippen LogP contribution in [0.5, 0.6) is 0 Å². The van der Waals surface area contributed by atoms with Crippen LogP contribution in [0.4, 0.5) is 0 Å². The molecule has 0 radical (unpaired) electrons. The van der Waals surface area contributed by atoms with Crippen LogP contribution in [0.25, 0.3) is 0 Å². The van der Waals surface area contributed by atoms with E-state index in [1.807, 2.05) is 0 Å². The van der Waals surface area contributed by atoms with Gasteiger partial charge < -0.3 is 10.1 Å². The normalized spacial score (nSPS) is 33.7. The fourth-order valence-corrected chi connectivity index (χ4v) is 4.26. The Hall–Kier alpha value is -0.900. The molecule has 1 aromatic carbocycles.